The second kappa shape index (κ2) is 8.78. The Kier molecular flexibility index (Phi) is 6.46. The number of methoxy groups -OCH3 is 1. The zero-order valence-electron chi connectivity index (χ0n) is 14.6. The fraction of sp³-hybridized carbons (Fsp3) is 0.250. The first kappa shape index (κ1) is 18.4. The van der Waals surface area contributed by atoms with Gasteiger partial charge in [0.15, 0.2) is 0 Å². The van der Waals surface area contributed by atoms with Crippen LogP contribution in [0.1, 0.15) is 25.0 Å². The minimum Gasteiger partial charge on any atom is -0.496 e. The summed E-state index contributed by atoms with van der Waals surface area (Å²) in [6.07, 6.45) is 1.58. The van der Waals surface area contributed by atoms with Gasteiger partial charge in [0.2, 0.25) is 0 Å². The molecule has 2 rings (SSSR count). The smallest absolute Gasteiger partial charge is 0.336 e. The van der Waals surface area contributed by atoms with Gasteiger partial charge in [-0.1, -0.05) is 18.2 Å². The monoisotopic (exact) mass is 342 g/mol. The minimum absolute atomic E-state index is 0.127. The molecule has 0 aliphatic carbocycles. The van der Waals surface area contributed by atoms with Crippen molar-refractivity contribution in [2.75, 3.05) is 20.3 Å². The van der Waals surface area contributed by atoms with Gasteiger partial charge >= 0.3 is 5.97 Å². The van der Waals surface area contributed by atoms with E-state index in [0.29, 0.717) is 41.6 Å². The van der Waals surface area contributed by atoms with E-state index in [-0.39, 0.29) is 5.57 Å². The van der Waals surface area contributed by atoms with E-state index in [0.717, 1.165) is 0 Å². The Morgan fingerprint density at radius 3 is 2.40 bits per heavy atom. The molecule has 0 aromatic heterocycles. The van der Waals surface area contributed by atoms with Crippen molar-refractivity contribution in [1.82, 2.24) is 0 Å². The molecule has 0 aliphatic rings. The molecule has 25 heavy (non-hydrogen) atoms. The van der Waals surface area contributed by atoms with Crippen molar-refractivity contribution in [3.8, 4) is 17.2 Å². The highest BCUT2D eigenvalue weighted by Crippen LogP contribution is 2.32. The molecular weight excluding hydrogens is 320 g/mol. The lowest BCUT2D eigenvalue weighted by molar-refractivity contribution is -0.130. The maximum absolute atomic E-state index is 11.8. The number of hydrogen-bond acceptors (Lipinski definition) is 4. The average Bonchev–Trinajstić information content (AvgIpc) is 2.61. The lowest BCUT2D eigenvalue weighted by Gasteiger charge is -2.12. The zero-order chi connectivity index (χ0) is 18.2. The SMILES string of the molecule is CCOc1ccc(/C=C(\C(=O)O)c2ccccc2OC)c(OCC)c1. The third-order valence-corrected chi connectivity index (χ3v) is 3.52. The second-order valence-corrected chi connectivity index (χ2v) is 5.13. The van der Waals surface area contributed by atoms with E-state index in [4.69, 9.17) is 14.2 Å². The lowest BCUT2D eigenvalue weighted by atomic mass is 10.0. The molecule has 5 heteroatoms. The van der Waals surface area contributed by atoms with Gasteiger partial charge in [0.25, 0.3) is 0 Å². The van der Waals surface area contributed by atoms with E-state index in [1.54, 1.807) is 48.5 Å². The van der Waals surface area contributed by atoms with Crippen LogP contribution in [0.25, 0.3) is 11.6 Å². The Bertz CT molecular complexity index is 764. The maximum Gasteiger partial charge on any atom is 0.336 e. The van der Waals surface area contributed by atoms with Gasteiger partial charge in [-0.2, -0.15) is 0 Å². The first-order chi connectivity index (χ1) is 12.1. The van der Waals surface area contributed by atoms with Crippen LogP contribution in [0.15, 0.2) is 42.5 Å². The van der Waals surface area contributed by atoms with E-state index in [9.17, 15) is 9.90 Å². The largest absolute Gasteiger partial charge is 0.496 e. The van der Waals surface area contributed by atoms with Crippen molar-refractivity contribution >= 4 is 17.6 Å². The van der Waals surface area contributed by atoms with Crippen molar-refractivity contribution in [3.05, 3.63) is 53.6 Å². The predicted octanol–water partition coefficient (Wildman–Crippen LogP) is 4.12. The van der Waals surface area contributed by atoms with E-state index in [1.807, 2.05) is 13.8 Å². The molecule has 0 atom stereocenters. The summed E-state index contributed by atoms with van der Waals surface area (Å²) >= 11 is 0. The van der Waals surface area contributed by atoms with Gasteiger partial charge in [-0.25, -0.2) is 4.79 Å². The fourth-order valence-electron chi connectivity index (χ4n) is 2.45. The van der Waals surface area contributed by atoms with Crippen LogP contribution in [-0.2, 0) is 4.79 Å². The summed E-state index contributed by atoms with van der Waals surface area (Å²) in [5.41, 5.74) is 1.30. The van der Waals surface area contributed by atoms with Crippen LogP contribution in [0.5, 0.6) is 17.2 Å². The number of hydrogen-bond donors (Lipinski definition) is 1. The zero-order valence-corrected chi connectivity index (χ0v) is 14.6. The van der Waals surface area contributed by atoms with Gasteiger partial charge in [-0.05, 0) is 38.1 Å². The van der Waals surface area contributed by atoms with E-state index in [2.05, 4.69) is 0 Å². The molecule has 0 fully saturated rings. The van der Waals surface area contributed by atoms with E-state index < -0.39 is 5.97 Å². The standard InChI is InChI=1S/C20H22O5/c1-4-24-15-11-10-14(19(13-15)25-5-2)12-17(20(21)22)16-8-6-7-9-18(16)23-3/h6-13H,4-5H2,1-3H3,(H,21,22)/b17-12-. The summed E-state index contributed by atoms with van der Waals surface area (Å²) in [7, 11) is 1.51. The van der Waals surface area contributed by atoms with Gasteiger partial charge in [-0.15, -0.1) is 0 Å². The highest BCUT2D eigenvalue weighted by molar-refractivity contribution is 6.21. The van der Waals surface area contributed by atoms with Crippen LogP contribution in [-0.4, -0.2) is 31.4 Å². The van der Waals surface area contributed by atoms with Gasteiger partial charge in [-0.3, -0.25) is 0 Å². The third kappa shape index (κ3) is 4.53. The topological polar surface area (TPSA) is 65.0 Å². The molecule has 0 aliphatic heterocycles. The van der Waals surface area contributed by atoms with Gasteiger partial charge < -0.3 is 19.3 Å². The van der Waals surface area contributed by atoms with Crippen LogP contribution >= 0.6 is 0 Å². The highest BCUT2D eigenvalue weighted by atomic mass is 16.5. The molecule has 1 N–H and O–H groups in total. The number of benzene rings is 2. The summed E-state index contributed by atoms with van der Waals surface area (Å²) in [5.74, 6) is 0.709. The first-order valence-corrected chi connectivity index (χ1v) is 8.08. The molecule has 0 amide bonds. The van der Waals surface area contributed by atoms with Gasteiger partial charge in [0.1, 0.15) is 17.2 Å². The van der Waals surface area contributed by atoms with Crippen molar-refractivity contribution < 1.29 is 24.1 Å². The van der Waals surface area contributed by atoms with Crippen molar-refractivity contribution in [1.29, 1.82) is 0 Å². The molecule has 132 valence electrons. The number of aliphatic carboxylic acids is 1. The van der Waals surface area contributed by atoms with Crippen LogP contribution in [0.3, 0.4) is 0 Å². The van der Waals surface area contributed by atoms with Crippen molar-refractivity contribution in [2.45, 2.75) is 13.8 Å². The molecule has 0 unspecified atom stereocenters. The molecule has 5 nitrogen and oxygen atoms in total. The van der Waals surface area contributed by atoms with Crippen LogP contribution < -0.4 is 14.2 Å². The molecule has 0 bridgehead atoms. The molecule has 0 spiro atoms. The quantitative estimate of drug-likeness (QED) is 0.577. The van der Waals surface area contributed by atoms with Crippen LogP contribution in [0.4, 0.5) is 0 Å². The molecule has 2 aromatic rings. The summed E-state index contributed by atoms with van der Waals surface area (Å²) < 4.78 is 16.4. The van der Waals surface area contributed by atoms with Crippen molar-refractivity contribution in [2.24, 2.45) is 0 Å². The predicted molar refractivity (Wildman–Crippen MR) is 97.3 cm³/mol. The number of para-hydroxylation sites is 1. The molecule has 0 radical (unpaired) electrons. The van der Waals surface area contributed by atoms with Gasteiger partial charge in [0, 0.05) is 17.2 Å². The number of ether oxygens (including phenoxy) is 3. The molecular formula is C20H22O5. The Morgan fingerprint density at radius 2 is 1.76 bits per heavy atom. The maximum atomic E-state index is 11.8. The number of rotatable bonds is 8. The van der Waals surface area contributed by atoms with Gasteiger partial charge in [0.05, 0.1) is 25.9 Å². The number of carbonyl (C=O) groups is 1. The Labute approximate surface area is 147 Å². The second-order valence-electron chi connectivity index (χ2n) is 5.13. The molecule has 0 saturated carbocycles. The molecule has 2 aromatic carbocycles. The van der Waals surface area contributed by atoms with Crippen molar-refractivity contribution in [3.63, 3.8) is 0 Å². The van der Waals surface area contributed by atoms with E-state index in [1.165, 1.54) is 7.11 Å². The summed E-state index contributed by atoms with van der Waals surface area (Å²) in [5, 5.41) is 9.68. The Hall–Kier alpha value is -2.95. The van der Waals surface area contributed by atoms with Crippen LogP contribution in [0.2, 0.25) is 0 Å². The number of carboxylic acids is 1. The first-order valence-electron chi connectivity index (χ1n) is 8.08. The van der Waals surface area contributed by atoms with E-state index >= 15 is 0 Å². The molecule has 0 heterocycles. The Balaban J connectivity index is 2.55. The number of carboxylic acid groups (broad SMARTS) is 1. The lowest BCUT2D eigenvalue weighted by Crippen LogP contribution is -2.03. The highest BCUT2D eigenvalue weighted by Gasteiger charge is 2.16. The average molecular weight is 342 g/mol. The summed E-state index contributed by atoms with van der Waals surface area (Å²) in [6, 6.07) is 12.4. The normalized spacial score (nSPS) is 11.1. The minimum atomic E-state index is -1.04. The van der Waals surface area contributed by atoms with Crippen LogP contribution in [0, 0.1) is 0 Å². The summed E-state index contributed by atoms with van der Waals surface area (Å²) in [4.78, 5) is 11.8. The Morgan fingerprint density at radius 1 is 1.04 bits per heavy atom. The third-order valence-electron chi connectivity index (χ3n) is 3.52. The fourth-order valence-corrected chi connectivity index (χ4v) is 2.45. The molecule has 0 saturated heterocycles. The summed E-state index contributed by atoms with van der Waals surface area (Å²) in [6.45, 7) is 4.79.